The molecular weight excluding hydrogens is 366 g/mol. The second-order valence-electron chi connectivity index (χ2n) is 7.27. The van der Waals surface area contributed by atoms with Crippen molar-refractivity contribution in [2.45, 2.75) is 6.04 Å². The summed E-state index contributed by atoms with van der Waals surface area (Å²) in [5.74, 6) is 1.15. The average molecular weight is 396 g/mol. The predicted octanol–water partition coefficient (Wildman–Crippen LogP) is -0.624. The lowest BCUT2D eigenvalue weighted by Crippen LogP contribution is -2.51. The van der Waals surface area contributed by atoms with E-state index in [1.165, 1.54) is 0 Å². The van der Waals surface area contributed by atoms with Crippen LogP contribution in [0.15, 0.2) is 37.3 Å². The van der Waals surface area contributed by atoms with Crippen LogP contribution in [0.3, 0.4) is 0 Å². The first-order chi connectivity index (χ1) is 14.0. The molecule has 3 N–H and O–H groups in total. The number of nitrogens with one attached hydrogen (secondary N) is 1. The van der Waals surface area contributed by atoms with Gasteiger partial charge in [0.2, 0.25) is 5.88 Å². The van der Waals surface area contributed by atoms with E-state index >= 15 is 0 Å². The Morgan fingerprint density at radius 3 is 2.83 bits per heavy atom. The van der Waals surface area contributed by atoms with Gasteiger partial charge >= 0.3 is 0 Å². The Labute approximate surface area is 171 Å². The summed E-state index contributed by atoms with van der Waals surface area (Å²) in [6, 6.07) is 4.19. The molecule has 29 heavy (non-hydrogen) atoms. The van der Waals surface area contributed by atoms with Gasteiger partial charge in [0, 0.05) is 52.3 Å². The first-order valence-corrected chi connectivity index (χ1v) is 9.60. The van der Waals surface area contributed by atoms with E-state index in [1.54, 1.807) is 18.6 Å². The van der Waals surface area contributed by atoms with Crippen LogP contribution < -0.4 is 26.6 Å². The Bertz CT molecular complexity index is 956. The van der Waals surface area contributed by atoms with Crippen LogP contribution >= 0.6 is 0 Å². The Morgan fingerprint density at radius 2 is 2.14 bits per heavy atom. The Morgan fingerprint density at radius 1 is 1.34 bits per heavy atom. The zero-order valence-corrected chi connectivity index (χ0v) is 17.3. The number of likely N-dealkylation sites (N-methyl/N-ethyl adjacent to an activating group) is 1. The van der Waals surface area contributed by atoms with Crippen molar-refractivity contribution in [2.75, 3.05) is 52.3 Å². The van der Waals surface area contributed by atoms with E-state index in [-0.39, 0.29) is 11.9 Å². The van der Waals surface area contributed by atoms with Crippen molar-refractivity contribution in [1.82, 2.24) is 25.2 Å². The number of rotatable bonds is 6. The lowest BCUT2D eigenvalue weighted by Gasteiger charge is -2.32. The first-order valence-electron chi connectivity index (χ1n) is 9.60. The molecule has 0 amide bonds. The van der Waals surface area contributed by atoms with Crippen LogP contribution in [-0.2, 0) is 4.74 Å². The maximum Gasteiger partial charge on any atom is 0.213 e. The maximum absolute atomic E-state index is 6.21. The van der Waals surface area contributed by atoms with E-state index in [0.29, 0.717) is 17.3 Å². The molecule has 154 valence electrons. The van der Waals surface area contributed by atoms with Gasteiger partial charge in [-0.1, -0.05) is 6.58 Å². The molecule has 1 aliphatic rings. The maximum atomic E-state index is 6.21. The van der Waals surface area contributed by atoms with Gasteiger partial charge in [0.1, 0.15) is 17.8 Å². The molecule has 3 rings (SSSR count). The van der Waals surface area contributed by atoms with E-state index in [4.69, 9.17) is 10.5 Å². The van der Waals surface area contributed by atoms with Crippen LogP contribution in [-0.4, -0.2) is 73.3 Å². The van der Waals surface area contributed by atoms with Crippen molar-refractivity contribution in [3.8, 4) is 0 Å². The molecule has 8 heteroatoms. The van der Waals surface area contributed by atoms with Gasteiger partial charge in [0.15, 0.2) is 0 Å². The van der Waals surface area contributed by atoms with Crippen LogP contribution in [0.4, 0.5) is 5.82 Å². The van der Waals surface area contributed by atoms with Crippen molar-refractivity contribution in [3.63, 3.8) is 0 Å². The third-order valence-corrected chi connectivity index (χ3v) is 4.92. The summed E-state index contributed by atoms with van der Waals surface area (Å²) in [6.07, 6.45) is 6.87. The molecule has 0 aliphatic carbocycles. The highest BCUT2D eigenvalue weighted by molar-refractivity contribution is 5.86. The van der Waals surface area contributed by atoms with Gasteiger partial charge in [-0.3, -0.25) is 9.88 Å². The molecule has 3 heterocycles. The Hall–Kier alpha value is -2.97. The minimum absolute atomic E-state index is 0.261. The molecule has 2 aromatic heterocycles. The summed E-state index contributed by atoms with van der Waals surface area (Å²) >= 11 is 0. The topological polar surface area (TPSA) is 92.4 Å². The summed E-state index contributed by atoms with van der Waals surface area (Å²) in [5.41, 5.74) is 7.89. The fourth-order valence-corrected chi connectivity index (χ4v) is 3.04. The number of ether oxygens (including phenoxy) is 1. The van der Waals surface area contributed by atoms with E-state index < -0.39 is 0 Å². The zero-order chi connectivity index (χ0) is 20.8. The van der Waals surface area contributed by atoms with Crippen LogP contribution in [0.2, 0.25) is 0 Å². The number of nitrogens with zero attached hydrogens (tertiary/aromatic N) is 5. The number of piperazine rings is 1. The number of hydrogen-bond acceptors (Lipinski definition) is 8. The van der Waals surface area contributed by atoms with E-state index in [9.17, 15) is 0 Å². The second kappa shape index (κ2) is 9.49. The normalized spacial score (nSPS) is 19.0. The molecule has 0 unspecified atom stereocenters. The van der Waals surface area contributed by atoms with Crippen molar-refractivity contribution < 1.29 is 4.74 Å². The first kappa shape index (κ1) is 20.8. The molecular formula is C21H29N7O. The number of pyridine rings is 1. The van der Waals surface area contributed by atoms with Gasteiger partial charge in [0.05, 0.1) is 11.4 Å². The van der Waals surface area contributed by atoms with Gasteiger partial charge in [-0.05, 0) is 36.4 Å². The Kier molecular flexibility index (Phi) is 6.79. The molecule has 0 saturated carbocycles. The quantitative estimate of drug-likeness (QED) is 0.668. The summed E-state index contributed by atoms with van der Waals surface area (Å²) in [7, 11) is 6.00. The lowest BCUT2D eigenvalue weighted by atomic mass is 10.1. The lowest BCUT2D eigenvalue weighted by molar-refractivity contribution is 0.119. The standard InChI is InChI=1S/C21H29N7O/c1-15(16-5-6-19(26-12-16)27(2)3)11-18-20(25-8-7-24-18)21(22)29-14-17-13-23-9-10-28(17)4/h5-8,11-12,17,23H,1,9-10,13-14,22H2,2-4H3/b18-11+,21-20-/t17-/m0/s1. The van der Waals surface area contributed by atoms with Crippen molar-refractivity contribution >= 4 is 23.4 Å². The molecule has 1 saturated heterocycles. The number of nitrogens with two attached hydrogens (primary N) is 1. The smallest absolute Gasteiger partial charge is 0.213 e. The van der Waals surface area contributed by atoms with Crippen LogP contribution in [0, 0.1) is 0 Å². The van der Waals surface area contributed by atoms with Crippen molar-refractivity contribution in [3.05, 3.63) is 53.6 Å². The predicted molar refractivity (Wildman–Crippen MR) is 116 cm³/mol. The third-order valence-electron chi connectivity index (χ3n) is 4.92. The number of aromatic nitrogens is 3. The van der Waals surface area contributed by atoms with Crippen LogP contribution in [0.5, 0.6) is 0 Å². The van der Waals surface area contributed by atoms with Gasteiger partial charge < -0.3 is 20.7 Å². The zero-order valence-electron chi connectivity index (χ0n) is 17.3. The highest BCUT2D eigenvalue weighted by Gasteiger charge is 2.19. The van der Waals surface area contributed by atoms with Crippen LogP contribution in [0.1, 0.15) is 5.56 Å². The molecule has 0 aromatic carbocycles. The van der Waals surface area contributed by atoms with Crippen molar-refractivity contribution in [2.24, 2.45) is 5.73 Å². The SMILES string of the molecule is C=C(/C=c1/nccn/c1=C(/N)OC[C@@H]1CNCCN1C)c1ccc(N(C)C)nc1. The number of hydrogen-bond donors (Lipinski definition) is 2. The minimum atomic E-state index is 0.261. The van der Waals surface area contributed by atoms with Gasteiger partial charge in [-0.15, -0.1) is 0 Å². The second-order valence-corrected chi connectivity index (χ2v) is 7.27. The summed E-state index contributed by atoms with van der Waals surface area (Å²) in [5, 5.41) is 4.49. The highest BCUT2D eigenvalue weighted by Crippen LogP contribution is 2.15. The van der Waals surface area contributed by atoms with E-state index in [0.717, 1.165) is 36.6 Å². The van der Waals surface area contributed by atoms with E-state index in [2.05, 4.69) is 38.8 Å². The van der Waals surface area contributed by atoms with Crippen molar-refractivity contribution in [1.29, 1.82) is 0 Å². The molecule has 1 atom stereocenters. The van der Waals surface area contributed by atoms with Gasteiger partial charge in [-0.2, -0.15) is 0 Å². The third kappa shape index (κ3) is 5.30. The largest absolute Gasteiger partial charge is 0.476 e. The molecule has 1 aliphatic heterocycles. The monoisotopic (exact) mass is 395 g/mol. The molecule has 8 nitrogen and oxygen atoms in total. The highest BCUT2D eigenvalue weighted by atomic mass is 16.5. The number of anilines is 1. The fourth-order valence-electron chi connectivity index (χ4n) is 3.04. The molecule has 2 aromatic rings. The minimum Gasteiger partial charge on any atom is -0.476 e. The summed E-state index contributed by atoms with van der Waals surface area (Å²) in [4.78, 5) is 17.4. The molecule has 0 radical (unpaired) electrons. The van der Waals surface area contributed by atoms with Gasteiger partial charge in [-0.25, -0.2) is 9.97 Å². The van der Waals surface area contributed by atoms with Gasteiger partial charge in [0.25, 0.3) is 0 Å². The summed E-state index contributed by atoms with van der Waals surface area (Å²) < 4.78 is 5.85. The molecule has 1 fully saturated rings. The molecule has 0 spiro atoms. The average Bonchev–Trinajstić information content (AvgIpc) is 2.73. The Balaban J connectivity index is 1.83. The fraction of sp³-hybridized carbons (Fsp3) is 0.381. The van der Waals surface area contributed by atoms with Crippen LogP contribution in [0.25, 0.3) is 17.5 Å². The number of allylic oxidation sites excluding steroid dienone is 1. The van der Waals surface area contributed by atoms with E-state index in [1.807, 2.05) is 37.2 Å². The summed E-state index contributed by atoms with van der Waals surface area (Å²) in [6.45, 7) is 7.47. The molecule has 0 bridgehead atoms.